The van der Waals surface area contributed by atoms with Crippen LogP contribution in [0.2, 0.25) is 0 Å². The van der Waals surface area contributed by atoms with Gasteiger partial charge in [0.05, 0.1) is 6.61 Å². The van der Waals surface area contributed by atoms with E-state index in [0.29, 0.717) is 12.6 Å². The number of nitrogens with zero attached hydrogens (tertiary/aromatic N) is 2. The van der Waals surface area contributed by atoms with E-state index in [9.17, 15) is 5.11 Å². The molecule has 1 aromatic rings. The topological polar surface area (TPSA) is 26.7 Å². The highest BCUT2D eigenvalue weighted by Crippen LogP contribution is 2.30. The molecule has 1 aromatic carbocycles. The number of benzene rings is 1. The van der Waals surface area contributed by atoms with E-state index in [1.165, 1.54) is 44.2 Å². The molecular weight excluding hydrogens is 260 g/mol. The Morgan fingerprint density at radius 1 is 1.10 bits per heavy atom. The van der Waals surface area contributed by atoms with Crippen molar-refractivity contribution in [3.63, 3.8) is 0 Å². The lowest BCUT2D eigenvalue weighted by molar-refractivity contribution is 0.0804. The van der Waals surface area contributed by atoms with E-state index in [4.69, 9.17) is 0 Å². The second-order valence-electron chi connectivity index (χ2n) is 6.56. The van der Waals surface area contributed by atoms with E-state index in [2.05, 4.69) is 40.1 Å². The van der Waals surface area contributed by atoms with Gasteiger partial charge in [0, 0.05) is 31.7 Å². The van der Waals surface area contributed by atoms with Crippen LogP contribution in [0.3, 0.4) is 0 Å². The summed E-state index contributed by atoms with van der Waals surface area (Å²) in [6.45, 7) is 4.54. The summed E-state index contributed by atoms with van der Waals surface area (Å²) in [6.07, 6.45) is 6.65. The predicted molar refractivity (Wildman–Crippen MR) is 86.2 cm³/mol. The third-order valence-corrected chi connectivity index (χ3v) is 4.87. The average molecular weight is 288 g/mol. The van der Waals surface area contributed by atoms with Crippen molar-refractivity contribution < 1.29 is 5.11 Å². The molecule has 0 aromatic heterocycles. The molecular formula is C18H28N2O. The summed E-state index contributed by atoms with van der Waals surface area (Å²) < 4.78 is 0. The normalized spacial score (nSPS) is 23.6. The van der Waals surface area contributed by atoms with Crippen LogP contribution < -0.4 is 0 Å². The van der Waals surface area contributed by atoms with Crippen LogP contribution in [0.5, 0.6) is 0 Å². The van der Waals surface area contributed by atoms with Gasteiger partial charge in [-0.3, -0.25) is 9.80 Å². The minimum absolute atomic E-state index is 0.290. The number of aliphatic hydroxyl groups excluding tert-OH is 1. The first-order valence-electron chi connectivity index (χ1n) is 8.49. The van der Waals surface area contributed by atoms with Crippen molar-refractivity contribution in [2.45, 2.75) is 50.7 Å². The van der Waals surface area contributed by atoms with E-state index < -0.39 is 0 Å². The molecule has 0 spiro atoms. The smallest absolute Gasteiger partial charge is 0.0558 e. The molecule has 116 valence electrons. The summed E-state index contributed by atoms with van der Waals surface area (Å²) in [4.78, 5) is 5.18. The first-order chi connectivity index (χ1) is 10.4. The molecule has 1 N–H and O–H groups in total. The standard InChI is InChI=1S/C18H28N2O/c21-13-12-19-11-5-4-8-18(19)15-20(17-9-10-17)14-16-6-2-1-3-7-16/h1-3,6-7,17-18,21H,4-5,8-15H2. The molecule has 1 heterocycles. The van der Waals surface area contributed by atoms with Crippen LogP contribution in [0.25, 0.3) is 0 Å². The molecule has 3 rings (SSSR count). The van der Waals surface area contributed by atoms with Crippen molar-refractivity contribution in [1.82, 2.24) is 9.80 Å². The molecule has 1 atom stereocenters. The van der Waals surface area contributed by atoms with Crippen LogP contribution in [0, 0.1) is 0 Å². The van der Waals surface area contributed by atoms with E-state index in [1.54, 1.807) is 0 Å². The zero-order valence-electron chi connectivity index (χ0n) is 13.0. The van der Waals surface area contributed by atoms with Gasteiger partial charge in [0.15, 0.2) is 0 Å². The largest absolute Gasteiger partial charge is 0.395 e. The number of piperidine rings is 1. The van der Waals surface area contributed by atoms with Crippen molar-refractivity contribution in [3.05, 3.63) is 35.9 Å². The number of aliphatic hydroxyl groups is 1. The van der Waals surface area contributed by atoms with E-state index in [1.807, 2.05) is 0 Å². The minimum Gasteiger partial charge on any atom is -0.395 e. The van der Waals surface area contributed by atoms with Crippen LogP contribution in [0.4, 0.5) is 0 Å². The van der Waals surface area contributed by atoms with Gasteiger partial charge in [0.1, 0.15) is 0 Å². The van der Waals surface area contributed by atoms with Crippen LogP contribution in [-0.2, 0) is 6.54 Å². The van der Waals surface area contributed by atoms with Crippen LogP contribution >= 0.6 is 0 Å². The van der Waals surface area contributed by atoms with Crippen LogP contribution in [-0.4, -0.2) is 53.2 Å². The molecule has 3 nitrogen and oxygen atoms in total. The quantitative estimate of drug-likeness (QED) is 0.835. The van der Waals surface area contributed by atoms with Gasteiger partial charge in [0.2, 0.25) is 0 Å². The first kappa shape index (κ1) is 15.0. The molecule has 2 aliphatic rings. The van der Waals surface area contributed by atoms with Gasteiger partial charge in [-0.25, -0.2) is 0 Å². The van der Waals surface area contributed by atoms with Gasteiger partial charge in [-0.2, -0.15) is 0 Å². The number of β-amino-alcohol motifs (C(OH)–C–C–N with tert-alkyl or cyclic N) is 1. The molecule has 1 aliphatic heterocycles. The Balaban J connectivity index is 1.61. The Morgan fingerprint density at radius 3 is 2.62 bits per heavy atom. The maximum Gasteiger partial charge on any atom is 0.0558 e. The molecule has 1 aliphatic carbocycles. The number of hydrogen-bond acceptors (Lipinski definition) is 3. The number of rotatable bonds is 7. The average Bonchev–Trinajstić information content (AvgIpc) is 3.35. The maximum atomic E-state index is 9.27. The summed E-state index contributed by atoms with van der Waals surface area (Å²) in [5.74, 6) is 0. The monoisotopic (exact) mass is 288 g/mol. The summed E-state index contributed by atoms with van der Waals surface area (Å²) in [5, 5.41) is 9.27. The predicted octanol–water partition coefficient (Wildman–Crippen LogP) is 2.50. The summed E-state index contributed by atoms with van der Waals surface area (Å²) in [6, 6.07) is 12.3. The SMILES string of the molecule is OCCN1CCCCC1CN(Cc1ccccc1)C1CC1. The van der Waals surface area contributed by atoms with E-state index in [0.717, 1.165) is 25.7 Å². The van der Waals surface area contributed by atoms with Crippen molar-refractivity contribution in [1.29, 1.82) is 0 Å². The maximum absolute atomic E-state index is 9.27. The lowest BCUT2D eigenvalue weighted by Gasteiger charge is -2.38. The Hall–Kier alpha value is -0.900. The fourth-order valence-corrected chi connectivity index (χ4v) is 3.56. The molecule has 1 saturated carbocycles. The lowest BCUT2D eigenvalue weighted by Crippen LogP contribution is -2.48. The second-order valence-corrected chi connectivity index (χ2v) is 6.56. The highest BCUT2D eigenvalue weighted by molar-refractivity contribution is 5.15. The van der Waals surface area contributed by atoms with Gasteiger partial charge in [-0.05, 0) is 37.8 Å². The van der Waals surface area contributed by atoms with Crippen LogP contribution in [0.15, 0.2) is 30.3 Å². The van der Waals surface area contributed by atoms with Crippen molar-refractivity contribution in [2.24, 2.45) is 0 Å². The molecule has 3 heteroatoms. The molecule has 21 heavy (non-hydrogen) atoms. The first-order valence-corrected chi connectivity index (χ1v) is 8.49. The Morgan fingerprint density at radius 2 is 1.90 bits per heavy atom. The van der Waals surface area contributed by atoms with Crippen LogP contribution in [0.1, 0.15) is 37.7 Å². The Labute approximate surface area is 128 Å². The second kappa shape index (κ2) is 7.39. The lowest BCUT2D eigenvalue weighted by atomic mass is 10.0. The highest BCUT2D eigenvalue weighted by Gasteiger charge is 2.32. The fourth-order valence-electron chi connectivity index (χ4n) is 3.56. The zero-order chi connectivity index (χ0) is 14.5. The third kappa shape index (κ3) is 4.29. The van der Waals surface area contributed by atoms with Crippen molar-refractivity contribution in [3.8, 4) is 0 Å². The Bertz CT molecular complexity index is 416. The fraction of sp³-hybridized carbons (Fsp3) is 0.667. The minimum atomic E-state index is 0.290. The van der Waals surface area contributed by atoms with Gasteiger partial charge in [-0.1, -0.05) is 36.8 Å². The van der Waals surface area contributed by atoms with Gasteiger partial charge >= 0.3 is 0 Å². The van der Waals surface area contributed by atoms with Gasteiger partial charge in [0.25, 0.3) is 0 Å². The highest BCUT2D eigenvalue weighted by atomic mass is 16.3. The van der Waals surface area contributed by atoms with Gasteiger partial charge in [-0.15, -0.1) is 0 Å². The van der Waals surface area contributed by atoms with Crippen molar-refractivity contribution >= 4 is 0 Å². The number of hydrogen-bond donors (Lipinski definition) is 1. The van der Waals surface area contributed by atoms with E-state index in [-0.39, 0.29) is 0 Å². The third-order valence-electron chi connectivity index (χ3n) is 4.87. The molecule has 1 saturated heterocycles. The molecule has 0 radical (unpaired) electrons. The Kier molecular flexibility index (Phi) is 5.28. The summed E-state index contributed by atoms with van der Waals surface area (Å²) in [7, 11) is 0. The number of likely N-dealkylation sites (tertiary alicyclic amines) is 1. The molecule has 0 bridgehead atoms. The summed E-state index contributed by atoms with van der Waals surface area (Å²) >= 11 is 0. The van der Waals surface area contributed by atoms with Gasteiger partial charge < -0.3 is 5.11 Å². The molecule has 0 amide bonds. The summed E-state index contributed by atoms with van der Waals surface area (Å²) in [5.41, 5.74) is 1.42. The molecule has 2 fully saturated rings. The molecule has 1 unspecified atom stereocenters. The zero-order valence-corrected chi connectivity index (χ0v) is 13.0. The van der Waals surface area contributed by atoms with E-state index >= 15 is 0 Å². The van der Waals surface area contributed by atoms with Crippen molar-refractivity contribution in [2.75, 3.05) is 26.2 Å².